The number of aromatic hydroxyl groups is 1. The highest BCUT2D eigenvalue weighted by atomic mass is 16.5. The predicted molar refractivity (Wildman–Crippen MR) is 170 cm³/mol. The molecule has 1 aromatic carbocycles. The normalized spacial score (nSPS) is 16.0. The van der Waals surface area contributed by atoms with Crippen LogP contribution in [0, 0.1) is 0 Å². The van der Waals surface area contributed by atoms with Gasteiger partial charge in [-0.15, -0.1) is 0 Å². The van der Waals surface area contributed by atoms with Crippen LogP contribution in [0.4, 0.5) is 0 Å². The SMILES string of the molecule is CCCCCCC[C@@H](CC(=O)N[C@H]1CCCCN(O)C1=O)OC(=O)[C@H](CCCCN(O)C=O)NC(=O)c1coc(-c2ccccc2O)n1. The van der Waals surface area contributed by atoms with E-state index in [1.165, 1.54) is 6.07 Å². The Labute approximate surface area is 279 Å². The van der Waals surface area contributed by atoms with Crippen LogP contribution in [0.2, 0.25) is 0 Å². The van der Waals surface area contributed by atoms with Crippen molar-refractivity contribution in [3.05, 3.63) is 36.2 Å². The van der Waals surface area contributed by atoms with E-state index in [0.717, 1.165) is 31.9 Å². The smallest absolute Gasteiger partial charge is 0.328 e. The minimum absolute atomic E-state index is 0.0000968. The van der Waals surface area contributed by atoms with Crippen LogP contribution in [0.1, 0.15) is 101 Å². The van der Waals surface area contributed by atoms with Crippen LogP contribution in [-0.2, 0) is 23.9 Å². The maximum Gasteiger partial charge on any atom is 0.328 e. The van der Waals surface area contributed by atoms with Gasteiger partial charge in [0.25, 0.3) is 11.8 Å². The van der Waals surface area contributed by atoms with Crippen molar-refractivity contribution in [2.45, 2.75) is 109 Å². The molecule has 0 bridgehead atoms. The number of nitrogens with one attached hydrogen (secondary N) is 2. The van der Waals surface area contributed by atoms with Gasteiger partial charge in [0.15, 0.2) is 5.69 Å². The van der Waals surface area contributed by atoms with Crippen molar-refractivity contribution in [1.82, 2.24) is 25.7 Å². The topological polar surface area (TPSA) is 212 Å². The van der Waals surface area contributed by atoms with Gasteiger partial charge in [-0.1, -0.05) is 44.7 Å². The van der Waals surface area contributed by atoms with Gasteiger partial charge in [0.1, 0.15) is 30.2 Å². The van der Waals surface area contributed by atoms with Gasteiger partial charge in [0.2, 0.25) is 18.2 Å². The number of hydrogen-bond acceptors (Lipinski definition) is 11. The van der Waals surface area contributed by atoms with E-state index in [1.54, 1.807) is 18.2 Å². The molecule has 1 aliphatic heterocycles. The molecule has 48 heavy (non-hydrogen) atoms. The molecule has 2 aromatic rings. The second kappa shape index (κ2) is 20.0. The van der Waals surface area contributed by atoms with Gasteiger partial charge in [-0.25, -0.2) is 19.9 Å². The molecule has 15 nitrogen and oxygen atoms in total. The molecule has 0 unspecified atom stereocenters. The number of phenols is 1. The summed E-state index contributed by atoms with van der Waals surface area (Å²) in [5.74, 6) is -2.73. The molecular weight excluding hydrogens is 626 g/mol. The Morgan fingerprint density at radius 3 is 2.62 bits per heavy atom. The van der Waals surface area contributed by atoms with E-state index >= 15 is 0 Å². The molecule has 1 aromatic heterocycles. The van der Waals surface area contributed by atoms with E-state index in [4.69, 9.17) is 9.15 Å². The number of ether oxygens (including phenoxy) is 1. The molecule has 5 N–H and O–H groups in total. The van der Waals surface area contributed by atoms with Crippen LogP contribution >= 0.6 is 0 Å². The Morgan fingerprint density at radius 2 is 1.88 bits per heavy atom. The highest BCUT2D eigenvalue weighted by molar-refractivity contribution is 5.95. The minimum Gasteiger partial charge on any atom is -0.507 e. The summed E-state index contributed by atoms with van der Waals surface area (Å²) in [5.41, 5.74) is 0.125. The second-order valence-corrected chi connectivity index (χ2v) is 11.9. The number of unbranched alkanes of at least 4 members (excludes halogenated alkanes) is 5. The lowest BCUT2D eigenvalue weighted by Crippen LogP contribution is -2.47. The Kier molecular flexibility index (Phi) is 15.8. The van der Waals surface area contributed by atoms with E-state index in [0.29, 0.717) is 55.1 Å². The van der Waals surface area contributed by atoms with Crippen LogP contribution in [0.3, 0.4) is 0 Å². The number of rotatable bonds is 20. The largest absolute Gasteiger partial charge is 0.507 e. The zero-order chi connectivity index (χ0) is 34.9. The Bertz CT molecular complexity index is 1350. The van der Waals surface area contributed by atoms with Gasteiger partial charge >= 0.3 is 5.97 Å². The first-order valence-electron chi connectivity index (χ1n) is 16.6. The van der Waals surface area contributed by atoms with Crippen molar-refractivity contribution >= 4 is 30.1 Å². The number of nitrogens with zero attached hydrogens (tertiary/aromatic N) is 3. The predicted octanol–water partition coefficient (Wildman–Crippen LogP) is 3.71. The van der Waals surface area contributed by atoms with E-state index in [1.807, 2.05) is 0 Å². The molecule has 2 heterocycles. The first-order chi connectivity index (χ1) is 23.1. The van der Waals surface area contributed by atoms with Gasteiger partial charge in [0.05, 0.1) is 12.0 Å². The molecule has 1 fully saturated rings. The van der Waals surface area contributed by atoms with Crippen molar-refractivity contribution in [3.8, 4) is 17.2 Å². The summed E-state index contributed by atoms with van der Waals surface area (Å²) in [6.07, 6.45) is 7.61. The van der Waals surface area contributed by atoms with Crippen LogP contribution in [0.25, 0.3) is 11.5 Å². The number of amides is 4. The average Bonchev–Trinajstić information content (AvgIpc) is 3.51. The fourth-order valence-electron chi connectivity index (χ4n) is 5.35. The van der Waals surface area contributed by atoms with Crippen molar-refractivity contribution < 1.29 is 48.6 Å². The molecule has 0 radical (unpaired) electrons. The number of hydroxylamine groups is 4. The molecule has 3 atom stereocenters. The standard InChI is InChI=1S/C33H47N5O10/c1-2-3-4-5-6-13-23(20-29(41)34-25-15-10-12-19-38(46)32(25)43)48-33(44)26(16-9-11-18-37(45)22-39)35-30(42)27-21-47-31(36-27)24-14-7-8-17-28(24)40/h7-8,14,17,21-23,25-26,40,45-46H,2-6,9-13,15-16,18-20H2,1H3,(H,34,41)(H,35,42)/t23-,25-,26-/m0/s1. The van der Waals surface area contributed by atoms with Crippen molar-refractivity contribution in [2.75, 3.05) is 13.1 Å². The van der Waals surface area contributed by atoms with Crippen LogP contribution in [0.15, 0.2) is 34.9 Å². The third-order valence-corrected chi connectivity index (χ3v) is 8.04. The Morgan fingerprint density at radius 1 is 1.12 bits per heavy atom. The first-order valence-corrected chi connectivity index (χ1v) is 16.6. The van der Waals surface area contributed by atoms with E-state index in [2.05, 4.69) is 22.5 Å². The fourth-order valence-corrected chi connectivity index (χ4v) is 5.35. The molecule has 1 aliphatic rings. The van der Waals surface area contributed by atoms with E-state index < -0.39 is 41.9 Å². The summed E-state index contributed by atoms with van der Waals surface area (Å²) in [6.45, 7) is 2.29. The van der Waals surface area contributed by atoms with Gasteiger partial charge in [-0.2, -0.15) is 0 Å². The summed E-state index contributed by atoms with van der Waals surface area (Å²) in [5, 5.41) is 35.9. The van der Waals surface area contributed by atoms with Crippen molar-refractivity contribution in [3.63, 3.8) is 0 Å². The van der Waals surface area contributed by atoms with Gasteiger partial charge in [-0.3, -0.25) is 29.6 Å². The average molecular weight is 674 g/mol. The molecule has 1 saturated heterocycles. The number of para-hydroxylation sites is 1. The summed E-state index contributed by atoms with van der Waals surface area (Å²) in [4.78, 5) is 67.2. The molecular formula is C33H47N5O10. The monoisotopic (exact) mass is 673 g/mol. The van der Waals surface area contributed by atoms with Gasteiger partial charge in [-0.05, 0) is 63.5 Å². The zero-order valence-electron chi connectivity index (χ0n) is 27.3. The van der Waals surface area contributed by atoms with Crippen LogP contribution < -0.4 is 10.6 Å². The number of oxazole rings is 1. The lowest BCUT2D eigenvalue weighted by molar-refractivity contribution is -0.167. The van der Waals surface area contributed by atoms with Crippen molar-refractivity contribution in [1.29, 1.82) is 0 Å². The number of benzene rings is 1. The summed E-state index contributed by atoms with van der Waals surface area (Å²) in [6, 6.07) is 4.23. The third kappa shape index (κ3) is 12.3. The number of phenolic OH excluding ortho intramolecular Hbond substituents is 1. The van der Waals surface area contributed by atoms with Crippen molar-refractivity contribution in [2.24, 2.45) is 0 Å². The lowest BCUT2D eigenvalue weighted by Gasteiger charge is -2.24. The van der Waals surface area contributed by atoms with E-state index in [-0.39, 0.29) is 55.2 Å². The molecule has 0 aliphatic carbocycles. The van der Waals surface area contributed by atoms with Crippen LogP contribution in [0.5, 0.6) is 5.75 Å². The maximum absolute atomic E-state index is 13.6. The Balaban J connectivity index is 1.72. The number of carbonyl (C=O) groups is 5. The van der Waals surface area contributed by atoms with Gasteiger partial charge < -0.3 is 24.9 Å². The highest BCUT2D eigenvalue weighted by Gasteiger charge is 2.31. The second-order valence-electron chi connectivity index (χ2n) is 11.9. The number of hydrogen-bond donors (Lipinski definition) is 5. The number of esters is 1. The molecule has 3 rings (SSSR count). The van der Waals surface area contributed by atoms with Gasteiger partial charge in [0, 0.05) is 13.1 Å². The lowest BCUT2D eigenvalue weighted by atomic mass is 10.0. The summed E-state index contributed by atoms with van der Waals surface area (Å²) >= 11 is 0. The Hall–Kier alpha value is -4.50. The third-order valence-electron chi connectivity index (χ3n) is 8.04. The summed E-state index contributed by atoms with van der Waals surface area (Å²) < 4.78 is 11.2. The molecule has 0 saturated carbocycles. The zero-order valence-corrected chi connectivity index (χ0v) is 27.3. The fraction of sp³-hybridized carbons (Fsp3) is 0.576. The molecule has 15 heteroatoms. The number of aromatic nitrogens is 1. The first kappa shape index (κ1) is 38.0. The minimum atomic E-state index is -1.18. The highest BCUT2D eigenvalue weighted by Crippen LogP contribution is 2.28. The summed E-state index contributed by atoms with van der Waals surface area (Å²) in [7, 11) is 0. The molecule has 4 amide bonds. The van der Waals surface area contributed by atoms with E-state index in [9.17, 15) is 39.5 Å². The molecule has 264 valence electrons. The quantitative estimate of drug-likeness (QED) is 0.0449. The maximum atomic E-state index is 13.6. The number of carbonyl (C=O) groups excluding carboxylic acids is 5. The van der Waals surface area contributed by atoms with Crippen LogP contribution in [-0.4, -0.2) is 92.0 Å². The molecule has 0 spiro atoms.